The number of hydrogen-bond acceptors (Lipinski definition) is 8. The van der Waals surface area contributed by atoms with Gasteiger partial charge in [0.25, 0.3) is 5.91 Å². The summed E-state index contributed by atoms with van der Waals surface area (Å²) in [7, 11) is 2.86. The number of ether oxygens (including phenoxy) is 3. The minimum Gasteiger partial charge on any atom is -0.481 e. The van der Waals surface area contributed by atoms with Gasteiger partial charge in [-0.3, -0.25) is 4.79 Å². The molecule has 1 amide bonds. The van der Waals surface area contributed by atoms with E-state index in [2.05, 4.69) is 20.6 Å². The standard InChI is InChI=1S/C19H22N4O5/c1-5-28-18(25)14(17(24)21-13-8-6-12(2)7-9-13)11-20-15-10-16(26-3)23-19(22-15)27-4/h6-11H,5H2,1-4H3,(H,21,24)(H,20,22,23). The highest BCUT2D eigenvalue weighted by atomic mass is 16.5. The Balaban J connectivity index is 2.25. The van der Waals surface area contributed by atoms with Gasteiger partial charge < -0.3 is 24.8 Å². The van der Waals surface area contributed by atoms with Crippen LogP contribution in [-0.4, -0.2) is 42.7 Å². The van der Waals surface area contributed by atoms with Crippen molar-refractivity contribution in [3.05, 3.63) is 47.7 Å². The molecule has 1 heterocycles. The highest BCUT2D eigenvalue weighted by Crippen LogP contribution is 2.18. The monoisotopic (exact) mass is 386 g/mol. The Bertz CT molecular complexity index is 843. The van der Waals surface area contributed by atoms with Crippen LogP contribution in [0.2, 0.25) is 0 Å². The molecular formula is C19H22N4O5. The molecule has 2 aromatic rings. The van der Waals surface area contributed by atoms with Crippen LogP contribution in [0.25, 0.3) is 0 Å². The first-order valence-corrected chi connectivity index (χ1v) is 8.45. The Hall–Kier alpha value is -3.62. The highest BCUT2D eigenvalue weighted by Gasteiger charge is 2.20. The minimum atomic E-state index is -0.771. The summed E-state index contributed by atoms with van der Waals surface area (Å²) in [6.07, 6.45) is 1.21. The number of carbonyl (C=O) groups excluding carboxylic acids is 2. The zero-order valence-electron chi connectivity index (χ0n) is 16.1. The third-order valence-corrected chi connectivity index (χ3v) is 3.49. The fourth-order valence-electron chi connectivity index (χ4n) is 2.08. The van der Waals surface area contributed by atoms with Gasteiger partial charge in [-0.2, -0.15) is 9.97 Å². The molecule has 0 saturated carbocycles. The van der Waals surface area contributed by atoms with E-state index >= 15 is 0 Å². The van der Waals surface area contributed by atoms with E-state index in [9.17, 15) is 9.59 Å². The van der Waals surface area contributed by atoms with Gasteiger partial charge in [0.2, 0.25) is 5.88 Å². The summed E-state index contributed by atoms with van der Waals surface area (Å²) in [5.41, 5.74) is 1.38. The van der Waals surface area contributed by atoms with Gasteiger partial charge in [0, 0.05) is 18.0 Å². The van der Waals surface area contributed by atoms with Crippen molar-refractivity contribution in [2.75, 3.05) is 31.5 Å². The quantitative estimate of drug-likeness (QED) is 0.308. The Labute approximate surface area is 162 Å². The fraction of sp³-hybridized carbons (Fsp3) is 0.263. The van der Waals surface area contributed by atoms with E-state index in [4.69, 9.17) is 14.2 Å². The molecule has 2 N–H and O–H groups in total. The average molecular weight is 386 g/mol. The Morgan fingerprint density at radius 1 is 1.11 bits per heavy atom. The zero-order chi connectivity index (χ0) is 20.5. The molecule has 2 rings (SSSR count). The van der Waals surface area contributed by atoms with Gasteiger partial charge in [-0.25, -0.2) is 4.79 Å². The molecule has 9 nitrogen and oxygen atoms in total. The van der Waals surface area contributed by atoms with Gasteiger partial charge in [-0.1, -0.05) is 17.7 Å². The average Bonchev–Trinajstić information content (AvgIpc) is 2.69. The number of methoxy groups -OCH3 is 2. The van der Waals surface area contributed by atoms with Gasteiger partial charge >= 0.3 is 12.0 Å². The number of aromatic nitrogens is 2. The van der Waals surface area contributed by atoms with Gasteiger partial charge in [0.1, 0.15) is 11.4 Å². The van der Waals surface area contributed by atoms with Crippen molar-refractivity contribution in [1.82, 2.24) is 9.97 Å². The number of nitrogens with zero attached hydrogens (tertiary/aromatic N) is 2. The maximum absolute atomic E-state index is 12.6. The third-order valence-electron chi connectivity index (χ3n) is 3.49. The van der Waals surface area contributed by atoms with Crippen molar-refractivity contribution < 1.29 is 23.8 Å². The molecule has 0 aliphatic carbocycles. The molecule has 0 atom stereocenters. The Morgan fingerprint density at radius 2 is 1.82 bits per heavy atom. The predicted octanol–water partition coefficient (Wildman–Crippen LogP) is 2.30. The first kappa shape index (κ1) is 20.7. The molecule has 0 unspecified atom stereocenters. The summed E-state index contributed by atoms with van der Waals surface area (Å²) in [5, 5.41) is 5.43. The number of amides is 1. The van der Waals surface area contributed by atoms with Crippen LogP contribution in [-0.2, 0) is 14.3 Å². The number of aryl methyl sites for hydroxylation is 1. The maximum Gasteiger partial charge on any atom is 0.345 e. The van der Waals surface area contributed by atoms with Crippen LogP contribution in [0.3, 0.4) is 0 Å². The normalized spacial score (nSPS) is 10.8. The van der Waals surface area contributed by atoms with Gasteiger partial charge in [-0.05, 0) is 26.0 Å². The number of anilines is 2. The van der Waals surface area contributed by atoms with E-state index < -0.39 is 11.9 Å². The van der Waals surface area contributed by atoms with Crippen molar-refractivity contribution in [2.45, 2.75) is 13.8 Å². The van der Waals surface area contributed by atoms with Crippen molar-refractivity contribution >= 4 is 23.4 Å². The van der Waals surface area contributed by atoms with Crippen molar-refractivity contribution in [2.24, 2.45) is 0 Å². The van der Waals surface area contributed by atoms with E-state index in [0.717, 1.165) is 5.56 Å². The lowest BCUT2D eigenvalue weighted by molar-refractivity contribution is -0.139. The fourth-order valence-corrected chi connectivity index (χ4v) is 2.08. The van der Waals surface area contributed by atoms with Gasteiger partial charge in [0.05, 0.1) is 20.8 Å². The molecule has 28 heavy (non-hydrogen) atoms. The van der Waals surface area contributed by atoms with Crippen LogP contribution in [0.15, 0.2) is 42.1 Å². The lowest BCUT2D eigenvalue weighted by Gasteiger charge is -2.10. The minimum absolute atomic E-state index is 0.0667. The first-order valence-electron chi connectivity index (χ1n) is 8.45. The molecule has 0 saturated heterocycles. The molecule has 0 aliphatic heterocycles. The van der Waals surface area contributed by atoms with Crippen LogP contribution < -0.4 is 20.1 Å². The maximum atomic E-state index is 12.6. The molecule has 148 valence electrons. The molecule has 0 fully saturated rings. The number of carbonyl (C=O) groups is 2. The number of benzene rings is 1. The highest BCUT2D eigenvalue weighted by molar-refractivity contribution is 6.21. The lowest BCUT2D eigenvalue weighted by Crippen LogP contribution is -2.23. The second-order valence-electron chi connectivity index (χ2n) is 5.53. The van der Waals surface area contributed by atoms with Crippen molar-refractivity contribution in [1.29, 1.82) is 0 Å². The van der Waals surface area contributed by atoms with E-state index in [0.29, 0.717) is 5.69 Å². The van der Waals surface area contributed by atoms with E-state index in [1.54, 1.807) is 19.1 Å². The van der Waals surface area contributed by atoms with Crippen molar-refractivity contribution in [3.63, 3.8) is 0 Å². The Kier molecular flexibility index (Phi) is 7.32. The lowest BCUT2D eigenvalue weighted by atomic mass is 10.2. The summed E-state index contributed by atoms with van der Waals surface area (Å²) >= 11 is 0. The second-order valence-corrected chi connectivity index (χ2v) is 5.53. The number of esters is 1. The number of hydrogen-bond donors (Lipinski definition) is 2. The van der Waals surface area contributed by atoms with Gasteiger partial charge in [0.15, 0.2) is 0 Å². The molecule has 0 bridgehead atoms. The van der Waals surface area contributed by atoms with E-state index in [1.807, 2.05) is 19.1 Å². The van der Waals surface area contributed by atoms with Crippen molar-refractivity contribution in [3.8, 4) is 11.9 Å². The molecule has 0 radical (unpaired) electrons. The summed E-state index contributed by atoms with van der Waals surface area (Å²) < 4.78 is 15.0. The SMILES string of the molecule is CCOC(=O)C(=CNc1cc(OC)nc(OC)n1)C(=O)Nc1ccc(C)cc1. The third kappa shape index (κ3) is 5.70. The molecule has 1 aromatic carbocycles. The Morgan fingerprint density at radius 3 is 2.43 bits per heavy atom. The summed E-state index contributed by atoms with van der Waals surface area (Å²) in [5.74, 6) is -0.867. The van der Waals surface area contributed by atoms with Gasteiger partial charge in [-0.15, -0.1) is 0 Å². The second kappa shape index (κ2) is 9.91. The number of rotatable bonds is 8. The topological polar surface area (TPSA) is 112 Å². The molecule has 0 aliphatic rings. The zero-order valence-corrected chi connectivity index (χ0v) is 16.1. The van der Waals surface area contributed by atoms with E-state index in [-0.39, 0.29) is 29.9 Å². The smallest absolute Gasteiger partial charge is 0.345 e. The summed E-state index contributed by atoms with van der Waals surface area (Å²) in [4.78, 5) is 32.9. The molecule has 1 aromatic heterocycles. The van der Waals surface area contributed by atoms with Crippen LogP contribution in [0.1, 0.15) is 12.5 Å². The first-order chi connectivity index (χ1) is 13.5. The molecular weight excluding hydrogens is 364 g/mol. The van der Waals surface area contributed by atoms with E-state index in [1.165, 1.54) is 26.5 Å². The van der Waals surface area contributed by atoms with Crippen LogP contribution in [0, 0.1) is 6.92 Å². The summed E-state index contributed by atoms with van der Waals surface area (Å²) in [6.45, 7) is 3.72. The number of nitrogens with one attached hydrogen (secondary N) is 2. The molecule has 0 spiro atoms. The van der Waals surface area contributed by atoms with Crippen LogP contribution in [0.4, 0.5) is 11.5 Å². The molecule has 9 heteroatoms. The predicted molar refractivity (Wildman–Crippen MR) is 103 cm³/mol. The largest absolute Gasteiger partial charge is 0.481 e. The van der Waals surface area contributed by atoms with Crippen LogP contribution >= 0.6 is 0 Å². The summed E-state index contributed by atoms with van der Waals surface area (Å²) in [6, 6.07) is 8.73. The van der Waals surface area contributed by atoms with Crippen LogP contribution in [0.5, 0.6) is 11.9 Å².